The van der Waals surface area contributed by atoms with Crippen LogP contribution in [0.4, 0.5) is 5.69 Å². The summed E-state index contributed by atoms with van der Waals surface area (Å²) in [5.74, 6) is 1.76. The first-order chi connectivity index (χ1) is 12.3. The highest BCUT2D eigenvalue weighted by atomic mass is 16.5. The van der Waals surface area contributed by atoms with E-state index in [4.69, 9.17) is 4.74 Å². The SMILES string of the molecule is COCc1nc2n(n1)CCC[C@H]2N[C@@H]1CCN(c2ccccc2)C1=O. The molecule has 2 aromatic rings. The number of fused-ring (bicyclic) bond motifs is 1. The average Bonchev–Trinajstić information content (AvgIpc) is 3.20. The second-order valence-electron chi connectivity index (χ2n) is 6.57. The molecule has 2 aliphatic heterocycles. The normalized spacial score (nSPS) is 23.1. The molecule has 1 aromatic carbocycles. The summed E-state index contributed by atoms with van der Waals surface area (Å²) in [6.45, 7) is 2.03. The molecule has 2 aliphatic rings. The fourth-order valence-electron chi connectivity index (χ4n) is 3.69. The second-order valence-corrected chi connectivity index (χ2v) is 6.57. The minimum absolute atomic E-state index is 0.0662. The smallest absolute Gasteiger partial charge is 0.244 e. The maximum absolute atomic E-state index is 12.8. The van der Waals surface area contributed by atoms with Crippen LogP contribution in [-0.2, 0) is 22.7 Å². The van der Waals surface area contributed by atoms with Gasteiger partial charge in [-0.15, -0.1) is 0 Å². The minimum Gasteiger partial charge on any atom is -0.377 e. The molecule has 0 bridgehead atoms. The molecule has 0 spiro atoms. The predicted molar refractivity (Wildman–Crippen MR) is 93.0 cm³/mol. The zero-order chi connectivity index (χ0) is 17.2. The highest BCUT2D eigenvalue weighted by Crippen LogP contribution is 2.27. The molecule has 1 N–H and O–H groups in total. The van der Waals surface area contributed by atoms with Gasteiger partial charge in [-0.1, -0.05) is 18.2 Å². The van der Waals surface area contributed by atoms with Crippen molar-refractivity contribution in [3.05, 3.63) is 42.0 Å². The van der Waals surface area contributed by atoms with Crippen molar-refractivity contribution in [2.75, 3.05) is 18.6 Å². The van der Waals surface area contributed by atoms with Crippen LogP contribution >= 0.6 is 0 Å². The summed E-state index contributed by atoms with van der Waals surface area (Å²) < 4.78 is 7.08. The molecule has 1 fully saturated rings. The van der Waals surface area contributed by atoms with Crippen LogP contribution in [0, 0.1) is 0 Å². The van der Waals surface area contributed by atoms with Crippen LogP contribution in [0.3, 0.4) is 0 Å². The van der Waals surface area contributed by atoms with Crippen LogP contribution in [0.15, 0.2) is 30.3 Å². The van der Waals surface area contributed by atoms with Crippen LogP contribution < -0.4 is 10.2 Å². The Morgan fingerprint density at radius 3 is 2.84 bits per heavy atom. The lowest BCUT2D eigenvalue weighted by molar-refractivity contribution is -0.119. The zero-order valence-electron chi connectivity index (χ0n) is 14.4. The van der Waals surface area contributed by atoms with Gasteiger partial charge in [-0.2, -0.15) is 5.10 Å². The van der Waals surface area contributed by atoms with Gasteiger partial charge in [-0.3, -0.25) is 10.1 Å². The zero-order valence-corrected chi connectivity index (χ0v) is 14.4. The number of nitrogens with zero attached hydrogens (tertiary/aromatic N) is 4. The first-order valence-corrected chi connectivity index (χ1v) is 8.81. The Hall–Kier alpha value is -2.25. The number of hydrogen-bond acceptors (Lipinski definition) is 5. The number of benzene rings is 1. The number of nitrogens with one attached hydrogen (secondary N) is 1. The van der Waals surface area contributed by atoms with Gasteiger partial charge in [-0.25, -0.2) is 9.67 Å². The number of carbonyl (C=O) groups excluding carboxylic acids is 1. The summed E-state index contributed by atoms with van der Waals surface area (Å²) in [7, 11) is 1.64. The van der Waals surface area contributed by atoms with E-state index < -0.39 is 0 Å². The molecule has 7 nitrogen and oxygen atoms in total. The first-order valence-electron chi connectivity index (χ1n) is 8.81. The van der Waals surface area contributed by atoms with Gasteiger partial charge in [0.2, 0.25) is 5.91 Å². The maximum atomic E-state index is 12.8. The molecule has 3 heterocycles. The summed E-state index contributed by atoms with van der Waals surface area (Å²) >= 11 is 0. The second kappa shape index (κ2) is 6.93. The third kappa shape index (κ3) is 3.17. The van der Waals surface area contributed by atoms with E-state index in [1.54, 1.807) is 7.11 Å². The fourth-order valence-corrected chi connectivity index (χ4v) is 3.69. The monoisotopic (exact) mass is 341 g/mol. The summed E-state index contributed by atoms with van der Waals surface area (Å²) in [4.78, 5) is 19.3. The number of aryl methyl sites for hydroxylation is 1. The predicted octanol–water partition coefficient (Wildman–Crippen LogP) is 1.65. The number of amides is 1. The van der Waals surface area contributed by atoms with Crippen LogP contribution in [0.5, 0.6) is 0 Å². The van der Waals surface area contributed by atoms with Gasteiger partial charge in [0.05, 0.1) is 12.1 Å². The number of anilines is 1. The Bertz CT molecular complexity index is 745. The minimum atomic E-state index is -0.167. The van der Waals surface area contributed by atoms with Crippen molar-refractivity contribution in [1.82, 2.24) is 20.1 Å². The standard InChI is InChI=1S/C18H23N5O2/c1-25-12-16-20-17-14(8-5-10-23(17)21-16)19-15-9-11-22(18(15)24)13-6-3-2-4-7-13/h2-4,6-7,14-15,19H,5,8-12H2,1H3/t14-,15-/m1/s1. The van der Waals surface area contributed by atoms with E-state index in [0.29, 0.717) is 12.4 Å². The van der Waals surface area contributed by atoms with Crippen molar-refractivity contribution < 1.29 is 9.53 Å². The van der Waals surface area contributed by atoms with Crippen LogP contribution in [0.25, 0.3) is 0 Å². The summed E-state index contributed by atoms with van der Waals surface area (Å²) in [5, 5.41) is 8.02. The third-order valence-electron chi connectivity index (χ3n) is 4.87. The molecular formula is C18H23N5O2. The van der Waals surface area contributed by atoms with E-state index in [-0.39, 0.29) is 18.0 Å². The van der Waals surface area contributed by atoms with Crippen molar-refractivity contribution in [3.8, 4) is 0 Å². The Morgan fingerprint density at radius 2 is 2.04 bits per heavy atom. The summed E-state index contributed by atoms with van der Waals surface area (Å²) in [5.41, 5.74) is 0.964. The molecule has 1 saturated heterocycles. The Balaban J connectivity index is 1.48. The lowest BCUT2D eigenvalue weighted by Gasteiger charge is -2.26. The van der Waals surface area contributed by atoms with Gasteiger partial charge in [0.15, 0.2) is 5.82 Å². The molecule has 1 amide bonds. The Labute approximate surface area is 147 Å². The number of methoxy groups -OCH3 is 1. The van der Waals surface area contributed by atoms with Crippen molar-refractivity contribution in [2.24, 2.45) is 0 Å². The lowest BCUT2D eigenvalue weighted by atomic mass is 10.1. The van der Waals surface area contributed by atoms with E-state index in [1.807, 2.05) is 39.9 Å². The van der Waals surface area contributed by atoms with Gasteiger partial charge < -0.3 is 9.64 Å². The average molecular weight is 341 g/mol. The Kier molecular flexibility index (Phi) is 4.50. The highest BCUT2D eigenvalue weighted by molar-refractivity contribution is 5.99. The van der Waals surface area contributed by atoms with Crippen molar-refractivity contribution >= 4 is 11.6 Å². The first kappa shape index (κ1) is 16.2. The molecular weight excluding hydrogens is 318 g/mol. The number of hydrogen-bond donors (Lipinski definition) is 1. The van der Waals surface area contributed by atoms with Gasteiger partial charge in [0, 0.05) is 25.9 Å². The van der Waals surface area contributed by atoms with Crippen LogP contribution in [0.1, 0.15) is 37.0 Å². The van der Waals surface area contributed by atoms with Crippen LogP contribution in [-0.4, -0.2) is 40.4 Å². The van der Waals surface area contributed by atoms with E-state index in [2.05, 4.69) is 15.4 Å². The summed E-state index contributed by atoms with van der Waals surface area (Å²) in [6, 6.07) is 9.75. The third-order valence-corrected chi connectivity index (χ3v) is 4.87. The van der Waals surface area contributed by atoms with Crippen molar-refractivity contribution in [3.63, 3.8) is 0 Å². The molecule has 0 aliphatic carbocycles. The number of para-hydroxylation sites is 1. The molecule has 25 heavy (non-hydrogen) atoms. The molecule has 4 rings (SSSR count). The van der Waals surface area contributed by atoms with E-state index in [9.17, 15) is 4.79 Å². The number of aromatic nitrogens is 3. The maximum Gasteiger partial charge on any atom is 0.244 e. The molecule has 2 atom stereocenters. The van der Waals surface area contributed by atoms with Gasteiger partial charge in [0.1, 0.15) is 12.4 Å². The van der Waals surface area contributed by atoms with E-state index in [1.165, 1.54) is 0 Å². The molecule has 0 radical (unpaired) electrons. The Morgan fingerprint density at radius 1 is 1.20 bits per heavy atom. The number of carbonyl (C=O) groups is 1. The molecule has 0 saturated carbocycles. The quantitative estimate of drug-likeness (QED) is 0.895. The van der Waals surface area contributed by atoms with Gasteiger partial charge in [-0.05, 0) is 31.4 Å². The van der Waals surface area contributed by atoms with Gasteiger partial charge >= 0.3 is 0 Å². The van der Waals surface area contributed by atoms with Gasteiger partial charge in [0.25, 0.3) is 0 Å². The molecule has 1 aromatic heterocycles. The number of ether oxygens (including phenoxy) is 1. The van der Waals surface area contributed by atoms with Crippen molar-refractivity contribution in [2.45, 2.75) is 44.5 Å². The molecule has 132 valence electrons. The van der Waals surface area contributed by atoms with E-state index in [0.717, 1.165) is 43.9 Å². The largest absolute Gasteiger partial charge is 0.377 e. The fraction of sp³-hybridized carbons (Fsp3) is 0.500. The lowest BCUT2D eigenvalue weighted by Crippen LogP contribution is -2.42. The van der Waals surface area contributed by atoms with Crippen LogP contribution in [0.2, 0.25) is 0 Å². The number of rotatable bonds is 5. The van der Waals surface area contributed by atoms with E-state index >= 15 is 0 Å². The molecule has 0 unspecified atom stereocenters. The highest BCUT2D eigenvalue weighted by Gasteiger charge is 2.35. The molecule has 7 heteroatoms. The topological polar surface area (TPSA) is 72.3 Å². The van der Waals surface area contributed by atoms with Crippen molar-refractivity contribution in [1.29, 1.82) is 0 Å². The summed E-state index contributed by atoms with van der Waals surface area (Å²) in [6.07, 6.45) is 2.81.